The average molecular weight is 277 g/mol. The largest absolute Gasteiger partial charge is 0.481 e. The molecule has 1 unspecified atom stereocenters. The summed E-state index contributed by atoms with van der Waals surface area (Å²) in [6.45, 7) is 2.04. The molecule has 19 heavy (non-hydrogen) atoms. The lowest BCUT2D eigenvalue weighted by molar-refractivity contribution is -0.133. The predicted molar refractivity (Wildman–Crippen MR) is 73.3 cm³/mol. The molecule has 0 amide bonds. The van der Waals surface area contributed by atoms with Gasteiger partial charge in [-0.1, -0.05) is 49.0 Å². The lowest BCUT2D eigenvalue weighted by Crippen LogP contribution is -2.00. The van der Waals surface area contributed by atoms with Gasteiger partial charge in [-0.15, -0.1) is 0 Å². The Hall–Kier alpha value is -1.82. The minimum Gasteiger partial charge on any atom is -0.481 e. The molecule has 0 aliphatic rings. The Morgan fingerprint density at radius 1 is 1.42 bits per heavy atom. The molecule has 0 bridgehead atoms. The van der Waals surface area contributed by atoms with E-state index in [0.717, 1.165) is 5.56 Å². The maximum Gasteiger partial charge on any atom is 0.313 e. The molecule has 2 aromatic rings. The molecule has 1 aromatic carbocycles. The molecule has 0 spiro atoms. The van der Waals surface area contributed by atoms with Crippen LogP contribution < -0.4 is 0 Å². The molecule has 1 aromatic heterocycles. The zero-order valence-electron chi connectivity index (χ0n) is 10.8. The first kappa shape index (κ1) is 13.6. The Morgan fingerprint density at radius 3 is 2.74 bits per heavy atom. The Labute approximate surface area is 115 Å². The van der Waals surface area contributed by atoms with Crippen LogP contribution in [0.3, 0.4) is 0 Å². The first-order chi connectivity index (χ1) is 9.08. The van der Waals surface area contributed by atoms with E-state index in [4.69, 9.17) is 5.11 Å². The topological polar surface area (TPSA) is 68.0 Å². The zero-order chi connectivity index (χ0) is 13.8. The lowest BCUT2D eigenvalue weighted by Gasteiger charge is -2.06. The highest BCUT2D eigenvalue weighted by Gasteiger charge is 2.16. The molecule has 0 saturated carbocycles. The van der Waals surface area contributed by atoms with Crippen LogP contribution >= 0.6 is 11.8 Å². The average Bonchev–Trinajstić information content (AvgIpc) is 2.78. The number of carboxylic acids is 1. The van der Waals surface area contributed by atoms with Crippen LogP contribution in [0.2, 0.25) is 0 Å². The van der Waals surface area contributed by atoms with E-state index in [2.05, 4.69) is 10.1 Å². The first-order valence-corrected chi connectivity index (χ1v) is 6.87. The number of rotatable bonds is 5. The third-order valence-electron chi connectivity index (χ3n) is 2.75. The fraction of sp³-hybridized carbons (Fsp3) is 0.308. The molecule has 0 radical (unpaired) electrons. The molecule has 1 atom stereocenters. The van der Waals surface area contributed by atoms with Gasteiger partial charge >= 0.3 is 5.97 Å². The molecule has 1 heterocycles. The summed E-state index contributed by atoms with van der Waals surface area (Å²) in [5.41, 5.74) is 1.14. The Balaban J connectivity index is 2.17. The number of nitrogens with zero attached hydrogens (tertiary/aromatic N) is 3. The third-order valence-corrected chi connectivity index (χ3v) is 3.76. The second-order valence-corrected chi connectivity index (χ2v) is 5.13. The van der Waals surface area contributed by atoms with Crippen LogP contribution in [-0.4, -0.2) is 31.6 Å². The summed E-state index contributed by atoms with van der Waals surface area (Å²) < 4.78 is 1.63. The van der Waals surface area contributed by atoms with Crippen molar-refractivity contribution in [3.63, 3.8) is 0 Å². The van der Waals surface area contributed by atoms with E-state index in [9.17, 15) is 4.79 Å². The van der Waals surface area contributed by atoms with Crippen LogP contribution in [0.15, 0.2) is 35.5 Å². The van der Waals surface area contributed by atoms with Gasteiger partial charge in [0, 0.05) is 13.0 Å². The number of thioether (sulfide) groups is 1. The van der Waals surface area contributed by atoms with Gasteiger partial charge in [0.25, 0.3) is 0 Å². The zero-order valence-corrected chi connectivity index (χ0v) is 11.6. The van der Waals surface area contributed by atoms with E-state index < -0.39 is 5.97 Å². The van der Waals surface area contributed by atoms with Gasteiger partial charge in [-0.05, 0) is 5.56 Å². The monoisotopic (exact) mass is 277 g/mol. The number of aliphatic carboxylic acids is 1. The van der Waals surface area contributed by atoms with Crippen molar-refractivity contribution in [3.05, 3.63) is 41.7 Å². The van der Waals surface area contributed by atoms with Crippen molar-refractivity contribution in [3.8, 4) is 0 Å². The van der Waals surface area contributed by atoms with Gasteiger partial charge in [0.15, 0.2) is 11.0 Å². The number of aryl methyl sites for hydroxylation is 1. The first-order valence-electron chi connectivity index (χ1n) is 5.88. The van der Waals surface area contributed by atoms with Gasteiger partial charge in [-0.25, -0.2) is 9.67 Å². The highest BCUT2D eigenvalue weighted by Crippen LogP contribution is 2.23. The summed E-state index contributed by atoms with van der Waals surface area (Å²) in [6.07, 6.45) is 0. The second kappa shape index (κ2) is 5.88. The highest BCUT2D eigenvalue weighted by molar-refractivity contribution is 7.99. The summed E-state index contributed by atoms with van der Waals surface area (Å²) in [7, 11) is 1.78. The molecular weight excluding hydrogens is 262 g/mol. The Bertz CT molecular complexity index is 569. The number of benzene rings is 1. The molecule has 1 N–H and O–H groups in total. The van der Waals surface area contributed by atoms with Crippen molar-refractivity contribution in [2.24, 2.45) is 7.05 Å². The maximum absolute atomic E-state index is 10.6. The van der Waals surface area contributed by atoms with Gasteiger partial charge in [0.2, 0.25) is 0 Å². The molecule has 6 heteroatoms. The predicted octanol–water partition coefficient (Wildman–Crippen LogP) is 2.14. The molecular formula is C13H15N3O2S. The van der Waals surface area contributed by atoms with Crippen molar-refractivity contribution >= 4 is 17.7 Å². The number of hydrogen-bond acceptors (Lipinski definition) is 4. The van der Waals surface area contributed by atoms with E-state index in [-0.39, 0.29) is 11.7 Å². The molecule has 100 valence electrons. The van der Waals surface area contributed by atoms with Crippen LogP contribution in [0.4, 0.5) is 0 Å². The minimum absolute atomic E-state index is 0.00824. The van der Waals surface area contributed by atoms with Crippen molar-refractivity contribution in [2.75, 3.05) is 5.75 Å². The SMILES string of the molecule is CC(c1ccccc1)c1nc(SCC(=O)O)n(C)n1. The van der Waals surface area contributed by atoms with Crippen LogP contribution in [-0.2, 0) is 11.8 Å². The summed E-state index contributed by atoms with van der Waals surface area (Å²) in [4.78, 5) is 15.0. The maximum atomic E-state index is 10.6. The Morgan fingerprint density at radius 2 is 2.11 bits per heavy atom. The van der Waals surface area contributed by atoms with Gasteiger partial charge in [0.05, 0.1) is 5.75 Å². The lowest BCUT2D eigenvalue weighted by atomic mass is 10.0. The summed E-state index contributed by atoms with van der Waals surface area (Å²) in [5, 5.41) is 13.7. The van der Waals surface area contributed by atoms with E-state index in [0.29, 0.717) is 11.0 Å². The smallest absolute Gasteiger partial charge is 0.313 e. The van der Waals surface area contributed by atoms with E-state index in [1.165, 1.54) is 11.8 Å². The number of carboxylic acid groups (broad SMARTS) is 1. The van der Waals surface area contributed by atoms with Gasteiger partial charge in [-0.3, -0.25) is 4.79 Å². The van der Waals surface area contributed by atoms with Crippen molar-refractivity contribution in [2.45, 2.75) is 18.0 Å². The third kappa shape index (κ3) is 3.35. The molecule has 2 rings (SSSR count). The van der Waals surface area contributed by atoms with Crippen molar-refractivity contribution in [1.82, 2.24) is 14.8 Å². The van der Waals surface area contributed by atoms with Crippen LogP contribution in [0.25, 0.3) is 0 Å². The summed E-state index contributed by atoms with van der Waals surface area (Å²) >= 11 is 1.18. The fourth-order valence-electron chi connectivity index (χ4n) is 1.72. The van der Waals surface area contributed by atoms with E-state index >= 15 is 0 Å². The van der Waals surface area contributed by atoms with Crippen LogP contribution in [0.1, 0.15) is 24.2 Å². The molecule has 0 fully saturated rings. The van der Waals surface area contributed by atoms with Gasteiger partial charge in [0.1, 0.15) is 0 Å². The van der Waals surface area contributed by atoms with Gasteiger partial charge < -0.3 is 5.11 Å². The van der Waals surface area contributed by atoms with Crippen molar-refractivity contribution < 1.29 is 9.90 Å². The number of aromatic nitrogens is 3. The van der Waals surface area contributed by atoms with Crippen LogP contribution in [0.5, 0.6) is 0 Å². The fourth-order valence-corrected chi connectivity index (χ4v) is 2.35. The molecule has 0 saturated heterocycles. The molecule has 5 nitrogen and oxygen atoms in total. The van der Waals surface area contributed by atoms with Crippen molar-refractivity contribution in [1.29, 1.82) is 0 Å². The summed E-state index contributed by atoms with van der Waals surface area (Å²) in [6, 6.07) is 10.00. The minimum atomic E-state index is -0.856. The molecule has 0 aliphatic carbocycles. The van der Waals surface area contributed by atoms with E-state index in [1.54, 1.807) is 11.7 Å². The Kier molecular flexibility index (Phi) is 4.21. The number of hydrogen-bond donors (Lipinski definition) is 1. The second-order valence-electron chi connectivity index (χ2n) is 4.19. The highest BCUT2D eigenvalue weighted by atomic mass is 32.2. The quantitative estimate of drug-likeness (QED) is 0.848. The standard InChI is InChI=1S/C13H15N3O2S/c1-9(10-6-4-3-5-7-10)12-14-13(16(2)15-12)19-8-11(17)18/h3-7,9H,8H2,1-2H3,(H,17,18). The normalized spacial score (nSPS) is 12.3. The van der Waals surface area contributed by atoms with E-state index in [1.807, 2.05) is 37.3 Å². The van der Waals surface area contributed by atoms with Crippen LogP contribution in [0, 0.1) is 0 Å². The molecule has 0 aliphatic heterocycles. The summed E-state index contributed by atoms with van der Waals surface area (Å²) in [5.74, 6) is -0.0649. The van der Waals surface area contributed by atoms with Gasteiger partial charge in [-0.2, -0.15) is 5.10 Å². The number of carbonyl (C=O) groups is 1.